The number of likely N-dealkylation sites (tertiary alicyclic amines) is 2. The molecule has 39 heavy (non-hydrogen) atoms. The van der Waals surface area contributed by atoms with Gasteiger partial charge in [0.2, 0.25) is 5.91 Å². The fraction of sp³-hybridized carbons (Fsp3) is 0.593. The van der Waals surface area contributed by atoms with Gasteiger partial charge in [-0.15, -0.1) is 0 Å². The van der Waals surface area contributed by atoms with Crippen LogP contribution in [0.2, 0.25) is 0 Å². The number of carbonyl (C=O) groups excluding carboxylic acids is 1. The van der Waals surface area contributed by atoms with Gasteiger partial charge in [0.1, 0.15) is 0 Å². The maximum atomic E-state index is 12.1. The van der Waals surface area contributed by atoms with Crippen molar-refractivity contribution >= 4 is 28.5 Å². The maximum absolute atomic E-state index is 12.1. The second kappa shape index (κ2) is 12.3. The molecule has 214 valence electrons. The summed E-state index contributed by atoms with van der Waals surface area (Å²) in [6, 6.07) is 4.20. The summed E-state index contributed by atoms with van der Waals surface area (Å²) < 4.78 is 43.6. The predicted octanol–water partition coefficient (Wildman–Crippen LogP) is 3.87. The summed E-state index contributed by atoms with van der Waals surface area (Å²) >= 11 is 0. The van der Waals surface area contributed by atoms with Gasteiger partial charge in [-0.1, -0.05) is 0 Å². The Labute approximate surface area is 225 Å². The number of carbonyl (C=O) groups is 2. The number of ether oxygens (including phenoxy) is 2. The molecule has 2 aromatic rings. The topological polar surface area (TPSA) is 104 Å². The smallest absolute Gasteiger partial charge is 0.490 e. The Morgan fingerprint density at radius 3 is 2.51 bits per heavy atom. The van der Waals surface area contributed by atoms with Crippen LogP contribution < -0.4 is 14.8 Å². The van der Waals surface area contributed by atoms with Crippen LogP contribution in [0.25, 0.3) is 10.9 Å². The molecular weight excluding hydrogens is 517 g/mol. The molecule has 1 aromatic carbocycles. The number of halogens is 3. The number of likely N-dealkylation sites (N-methyl/N-ethyl adjacent to an activating group) is 1. The Hall–Kier alpha value is -3.28. The molecule has 3 aliphatic rings. The summed E-state index contributed by atoms with van der Waals surface area (Å²) in [7, 11) is 3.56. The van der Waals surface area contributed by atoms with Crippen molar-refractivity contribution in [3.05, 3.63) is 23.4 Å². The molecule has 2 fully saturated rings. The lowest BCUT2D eigenvalue weighted by Crippen LogP contribution is -2.25. The quantitative estimate of drug-likeness (QED) is 0.476. The van der Waals surface area contributed by atoms with E-state index in [9.17, 15) is 18.0 Å². The van der Waals surface area contributed by atoms with Crippen molar-refractivity contribution in [2.24, 2.45) is 0 Å². The Kier molecular flexibility index (Phi) is 9.04. The zero-order valence-electron chi connectivity index (χ0n) is 22.3. The number of fused-ring (bicyclic) bond motifs is 2. The van der Waals surface area contributed by atoms with Crippen LogP contribution >= 0.6 is 0 Å². The lowest BCUT2D eigenvalue weighted by atomic mass is 10.0. The SMILES string of the molecule is COc1cc2c(NC3CC(=O)N(C)C3)c3c(nc2cc1OCCCN1CCCC1)CCC3.O=C(O)C(F)(F)F. The van der Waals surface area contributed by atoms with Crippen molar-refractivity contribution in [3.63, 3.8) is 0 Å². The second-order valence-electron chi connectivity index (χ2n) is 10.2. The Bertz CT molecular complexity index is 1200. The highest BCUT2D eigenvalue weighted by Gasteiger charge is 2.38. The normalized spacial score (nSPS) is 19.2. The van der Waals surface area contributed by atoms with E-state index in [2.05, 4.69) is 16.3 Å². The number of pyridine rings is 1. The number of hydrogen-bond acceptors (Lipinski definition) is 7. The summed E-state index contributed by atoms with van der Waals surface area (Å²) in [6.07, 6.45) is 2.23. The fourth-order valence-corrected chi connectivity index (χ4v) is 5.35. The molecule has 1 amide bonds. The van der Waals surface area contributed by atoms with Crippen molar-refractivity contribution in [2.75, 3.05) is 52.3 Å². The molecule has 1 aromatic heterocycles. The van der Waals surface area contributed by atoms with Crippen molar-refractivity contribution in [2.45, 2.75) is 57.2 Å². The monoisotopic (exact) mass is 552 g/mol. The van der Waals surface area contributed by atoms with Gasteiger partial charge in [0.25, 0.3) is 0 Å². The minimum Gasteiger partial charge on any atom is -0.493 e. The molecule has 9 nitrogen and oxygen atoms in total. The van der Waals surface area contributed by atoms with E-state index >= 15 is 0 Å². The standard InChI is InChI=1S/C25H34N4O3.C2HF3O2/c1-28-16-17(13-24(28)30)26-25-18-7-5-8-20(18)27-21-15-23(22(31-2)14-19(21)25)32-12-6-11-29-9-3-4-10-29;3-2(4,5)1(6)7/h14-15,17H,3-13,16H2,1-2H3,(H,26,27);(H,6,7). The molecule has 5 rings (SSSR count). The van der Waals surface area contributed by atoms with Crippen LogP contribution in [0.5, 0.6) is 11.5 Å². The number of nitrogens with zero attached hydrogens (tertiary/aromatic N) is 3. The molecule has 1 unspecified atom stereocenters. The number of carboxylic acids is 1. The molecule has 0 bridgehead atoms. The molecule has 3 heterocycles. The van der Waals surface area contributed by atoms with Crippen molar-refractivity contribution < 1.29 is 37.3 Å². The number of nitrogens with one attached hydrogen (secondary N) is 1. The van der Waals surface area contributed by atoms with Gasteiger partial charge in [0.15, 0.2) is 11.5 Å². The molecule has 2 N–H and O–H groups in total. The van der Waals surface area contributed by atoms with Gasteiger partial charge in [0, 0.05) is 49.4 Å². The molecule has 0 spiro atoms. The van der Waals surface area contributed by atoms with Gasteiger partial charge in [-0.3, -0.25) is 9.78 Å². The van der Waals surface area contributed by atoms with Crippen LogP contribution in [0, 0.1) is 0 Å². The van der Waals surface area contributed by atoms with Crippen molar-refractivity contribution in [3.8, 4) is 11.5 Å². The number of benzene rings is 1. The highest BCUT2D eigenvalue weighted by atomic mass is 19.4. The number of anilines is 1. The number of aromatic nitrogens is 1. The molecule has 2 saturated heterocycles. The van der Waals surface area contributed by atoms with E-state index in [1.165, 1.54) is 37.2 Å². The van der Waals surface area contributed by atoms with Crippen molar-refractivity contribution in [1.82, 2.24) is 14.8 Å². The van der Waals surface area contributed by atoms with Crippen LogP contribution in [0.3, 0.4) is 0 Å². The Morgan fingerprint density at radius 2 is 1.90 bits per heavy atom. The van der Waals surface area contributed by atoms with Crippen LogP contribution in [-0.4, -0.2) is 90.9 Å². The van der Waals surface area contributed by atoms with Crippen LogP contribution in [0.1, 0.15) is 43.4 Å². The number of alkyl halides is 3. The first kappa shape index (κ1) is 28.7. The lowest BCUT2D eigenvalue weighted by molar-refractivity contribution is -0.192. The Morgan fingerprint density at radius 1 is 1.18 bits per heavy atom. The van der Waals surface area contributed by atoms with E-state index in [1.54, 1.807) is 12.0 Å². The molecule has 1 atom stereocenters. The highest BCUT2D eigenvalue weighted by Crippen LogP contribution is 2.40. The molecule has 1 aliphatic carbocycles. The largest absolute Gasteiger partial charge is 0.493 e. The number of aryl methyl sites for hydroxylation is 1. The van der Waals surface area contributed by atoms with Crippen LogP contribution in [-0.2, 0) is 22.4 Å². The predicted molar refractivity (Wildman–Crippen MR) is 139 cm³/mol. The summed E-state index contributed by atoms with van der Waals surface area (Å²) in [5.74, 6) is -1.07. The van der Waals surface area contributed by atoms with Gasteiger partial charge in [-0.05, 0) is 63.2 Å². The number of aliphatic carboxylic acids is 1. The van der Waals surface area contributed by atoms with Crippen molar-refractivity contribution in [1.29, 1.82) is 0 Å². The van der Waals surface area contributed by atoms with Gasteiger partial charge in [0.05, 0.1) is 25.3 Å². The van der Waals surface area contributed by atoms with E-state index in [1.807, 2.05) is 13.1 Å². The minimum absolute atomic E-state index is 0.121. The first-order valence-corrected chi connectivity index (χ1v) is 13.3. The van der Waals surface area contributed by atoms with Crippen LogP contribution in [0.4, 0.5) is 18.9 Å². The van der Waals surface area contributed by atoms with Gasteiger partial charge in [-0.25, -0.2) is 4.79 Å². The third-order valence-corrected chi connectivity index (χ3v) is 7.30. The van der Waals surface area contributed by atoms with E-state index in [0.717, 1.165) is 66.9 Å². The first-order valence-electron chi connectivity index (χ1n) is 13.3. The maximum Gasteiger partial charge on any atom is 0.490 e. The average Bonchev–Trinajstić information content (AvgIpc) is 3.63. The lowest BCUT2D eigenvalue weighted by Gasteiger charge is -2.20. The third kappa shape index (κ3) is 7.03. The molecule has 2 aliphatic heterocycles. The van der Waals surface area contributed by atoms with E-state index in [4.69, 9.17) is 24.4 Å². The average molecular weight is 553 g/mol. The number of rotatable bonds is 8. The summed E-state index contributed by atoms with van der Waals surface area (Å²) in [4.78, 5) is 30.3. The van der Waals surface area contributed by atoms with Gasteiger partial charge in [-0.2, -0.15) is 13.2 Å². The van der Waals surface area contributed by atoms with E-state index in [0.29, 0.717) is 13.0 Å². The molecule has 0 saturated carbocycles. The first-order chi connectivity index (χ1) is 18.6. The number of hydrogen-bond donors (Lipinski definition) is 2. The second-order valence-corrected chi connectivity index (χ2v) is 10.2. The summed E-state index contributed by atoms with van der Waals surface area (Å²) in [5, 5.41) is 11.9. The highest BCUT2D eigenvalue weighted by molar-refractivity contribution is 5.96. The fourth-order valence-electron chi connectivity index (χ4n) is 5.35. The third-order valence-electron chi connectivity index (χ3n) is 7.30. The van der Waals surface area contributed by atoms with E-state index < -0.39 is 12.1 Å². The van der Waals surface area contributed by atoms with E-state index in [-0.39, 0.29) is 11.9 Å². The van der Waals surface area contributed by atoms with Crippen LogP contribution in [0.15, 0.2) is 12.1 Å². The molecule has 12 heteroatoms. The number of amides is 1. The number of methoxy groups -OCH3 is 1. The zero-order valence-corrected chi connectivity index (χ0v) is 22.3. The molecule has 0 radical (unpaired) electrons. The summed E-state index contributed by atoms with van der Waals surface area (Å²) in [5.41, 5.74) is 4.51. The van der Waals surface area contributed by atoms with Gasteiger partial charge < -0.3 is 29.7 Å². The minimum atomic E-state index is -5.08. The number of carboxylic acid groups (broad SMARTS) is 1. The zero-order chi connectivity index (χ0) is 28.2. The molecular formula is C27H35F3N4O5. The summed E-state index contributed by atoms with van der Waals surface area (Å²) in [6.45, 7) is 4.92. The Balaban J connectivity index is 0.000000448. The van der Waals surface area contributed by atoms with Gasteiger partial charge >= 0.3 is 12.1 Å².